The first-order valence-electron chi connectivity index (χ1n) is 7.18. The first kappa shape index (κ1) is 16.7. The van der Waals surface area contributed by atoms with Gasteiger partial charge in [-0.25, -0.2) is 0 Å². The van der Waals surface area contributed by atoms with E-state index in [-0.39, 0.29) is 18.9 Å². The van der Waals surface area contributed by atoms with Crippen molar-refractivity contribution >= 4 is 34.0 Å². The van der Waals surface area contributed by atoms with Gasteiger partial charge in [0.25, 0.3) is 0 Å². The average molecular weight is 340 g/mol. The number of anilines is 1. The van der Waals surface area contributed by atoms with Crippen molar-refractivity contribution in [1.82, 2.24) is 10.2 Å². The number of nitrogens with one attached hydrogen (secondary N) is 1. The fourth-order valence-electron chi connectivity index (χ4n) is 1.73. The van der Waals surface area contributed by atoms with Crippen LogP contribution in [0.1, 0.15) is 31.2 Å². The van der Waals surface area contributed by atoms with Crippen molar-refractivity contribution in [3.05, 3.63) is 34.3 Å². The number of para-hydroxylation sites is 1. The molecule has 0 saturated carbocycles. The summed E-state index contributed by atoms with van der Waals surface area (Å²) in [5.74, 6) is 0.431. The molecular weight excluding hydrogens is 322 g/mol. The zero-order valence-electron chi connectivity index (χ0n) is 12.3. The van der Waals surface area contributed by atoms with Crippen LogP contribution in [-0.4, -0.2) is 22.7 Å². The SMILES string of the molecule is CCCCc1nnc(NC(=O)CCOc2ccccc2Cl)s1. The zero-order chi connectivity index (χ0) is 15.8. The van der Waals surface area contributed by atoms with Gasteiger partial charge in [0.05, 0.1) is 18.1 Å². The smallest absolute Gasteiger partial charge is 0.229 e. The molecule has 2 rings (SSSR count). The van der Waals surface area contributed by atoms with E-state index in [1.165, 1.54) is 11.3 Å². The molecule has 0 spiro atoms. The van der Waals surface area contributed by atoms with Crippen LogP contribution >= 0.6 is 22.9 Å². The Balaban J connectivity index is 1.74. The van der Waals surface area contributed by atoms with E-state index in [1.807, 2.05) is 12.1 Å². The zero-order valence-corrected chi connectivity index (χ0v) is 13.9. The van der Waals surface area contributed by atoms with Crippen LogP contribution in [0.3, 0.4) is 0 Å². The quantitative estimate of drug-likeness (QED) is 0.791. The number of hydrogen-bond donors (Lipinski definition) is 1. The molecule has 0 fully saturated rings. The molecule has 118 valence electrons. The topological polar surface area (TPSA) is 64.1 Å². The molecule has 0 aliphatic carbocycles. The fourth-order valence-corrected chi connectivity index (χ4v) is 2.72. The fraction of sp³-hybridized carbons (Fsp3) is 0.400. The average Bonchev–Trinajstić information content (AvgIpc) is 2.94. The number of nitrogens with zero attached hydrogens (tertiary/aromatic N) is 2. The van der Waals surface area contributed by atoms with E-state index >= 15 is 0 Å². The Morgan fingerprint density at radius 2 is 2.18 bits per heavy atom. The molecule has 0 unspecified atom stereocenters. The summed E-state index contributed by atoms with van der Waals surface area (Å²) in [7, 11) is 0. The first-order chi connectivity index (χ1) is 10.7. The lowest BCUT2D eigenvalue weighted by Gasteiger charge is -2.07. The summed E-state index contributed by atoms with van der Waals surface area (Å²) in [6, 6.07) is 7.18. The molecule has 1 aromatic carbocycles. The van der Waals surface area contributed by atoms with Crippen LogP contribution in [0, 0.1) is 0 Å². The van der Waals surface area contributed by atoms with Gasteiger partial charge in [0.1, 0.15) is 10.8 Å². The molecule has 0 saturated heterocycles. The summed E-state index contributed by atoms with van der Waals surface area (Å²) in [4.78, 5) is 11.8. The number of hydrogen-bond acceptors (Lipinski definition) is 5. The summed E-state index contributed by atoms with van der Waals surface area (Å²) >= 11 is 7.39. The van der Waals surface area contributed by atoms with Crippen molar-refractivity contribution in [2.75, 3.05) is 11.9 Å². The van der Waals surface area contributed by atoms with Crippen LogP contribution in [0.15, 0.2) is 24.3 Å². The second kappa shape index (κ2) is 8.70. The minimum atomic E-state index is -0.148. The molecule has 1 amide bonds. The number of unbranched alkanes of at least 4 members (excludes halogenated alkanes) is 1. The molecular formula is C15H18ClN3O2S. The van der Waals surface area contributed by atoms with Crippen LogP contribution in [0.2, 0.25) is 5.02 Å². The molecule has 0 aliphatic heterocycles. The van der Waals surface area contributed by atoms with Gasteiger partial charge in [-0.2, -0.15) is 0 Å². The highest BCUT2D eigenvalue weighted by Crippen LogP contribution is 2.23. The Morgan fingerprint density at radius 1 is 1.36 bits per heavy atom. The lowest BCUT2D eigenvalue weighted by molar-refractivity contribution is -0.116. The summed E-state index contributed by atoms with van der Waals surface area (Å²) in [5, 5.41) is 12.8. The van der Waals surface area contributed by atoms with Gasteiger partial charge in [0, 0.05) is 6.42 Å². The molecule has 0 bridgehead atoms. The van der Waals surface area contributed by atoms with Gasteiger partial charge in [0.15, 0.2) is 0 Å². The number of rotatable bonds is 8. The maximum absolute atomic E-state index is 11.8. The normalized spacial score (nSPS) is 10.5. The number of halogens is 1. The third-order valence-corrected chi connectivity index (χ3v) is 4.09. The number of aryl methyl sites for hydroxylation is 1. The molecule has 0 aliphatic rings. The van der Waals surface area contributed by atoms with Gasteiger partial charge in [-0.05, 0) is 18.6 Å². The Bertz CT molecular complexity index is 618. The molecule has 22 heavy (non-hydrogen) atoms. The van der Waals surface area contributed by atoms with Crippen molar-refractivity contribution in [3.8, 4) is 5.75 Å². The highest BCUT2D eigenvalue weighted by molar-refractivity contribution is 7.15. The summed E-state index contributed by atoms with van der Waals surface area (Å²) < 4.78 is 5.48. The van der Waals surface area contributed by atoms with E-state index in [4.69, 9.17) is 16.3 Å². The van der Waals surface area contributed by atoms with Gasteiger partial charge in [0.2, 0.25) is 11.0 Å². The summed E-state index contributed by atoms with van der Waals surface area (Å²) in [6.45, 7) is 2.39. The number of aromatic nitrogens is 2. The minimum Gasteiger partial charge on any atom is -0.491 e. The van der Waals surface area contributed by atoms with Crippen molar-refractivity contribution < 1.29 is 9.53 Å². The van der Waals surface area contributed by atoms with E-state index in [2.05, 4.69) is 22.4 Å². The third kappa shape index (κ3) is 5.27. The van der Waals surface area contributed by atoms with Gasteiger partial charge in [-0.15, -0.1) is 10.2 Å². The van der Waals surface area contributed by atoms with Crippen molar-refractivity contribution in [1.29, 1.82) is 0 Å². The molecule has 1 heterocycles. The van der Waals surface area contributed by atoms with Crippen LogP contribution in [0.4, 0.5) is 5.13 Å². The van der Waals surface area contributed by atoms with Gasteiger partial charge < -0.3 is 10.1 Å². The highest BCUT2D eigenvalue weighted by atomic mass is 35.5. The summed E-state index contributed by atoms with van der Waals surface area (Å²) in [6.07, 6.45) is 3.32. The standard InChI is InChI=1S/C15H18ClN3O2S/c1-2-3-8-14-18-19-15(22-14)17-13(20)9-10-21-12-7-5-4-6-11(12)16/h4-7H,2-3,8-10H2,1H3,(H,17,19,20). The molecule has 0 atom stereocenters. The minimum absolute atomic E-state index is 0.148. The largest absolute Gasteiger partial charge is 0.491 e. The van der Waals surface area contributed by atoms with Crippen molar-refractivity contribution in [2.45, 2.75) is 32.6 Å². The van der Waals surface area contributed by atoms with E-state index in [1.54, 1.807) is 12.1 Å². The predicted octanol–water partition coefficient (Wildman–Crippen LogP) is 3.94. The van der Waals surface area contributed by atoms with Crippen molar-refractivity contribution in [2.24, 2.45) is 0 Å². The third-order valence-electron chi connectivity index (χ3n) is 2.88. The van der Waals surface area contributed by atoms with E-state index in [0.29, 0.717) is 15.9 Å². The lowest BCUT2D eigenvalue weighted by Crippen LogP contribution is -2.15. The maximum Gasteiger partial charge on any atom is 0.229 e. The predicted molar refractivity (Wildman–Crippen MR) is 88.7 cm³/mol. The number of ether oxygens (including phenoxy) is 1. The molecule has 2 aromatic rings. The van der Waals surface area contributed by atoms with E-state index < -0.39 is 0 Å². The van der Waals surface area contributed by atoms with E-state index in [9.17, 15) is 4.79 Å². The number of amides is 1. The Morgan fingerprint density at radius 3 is 2.95 bits per heavy atom. The molecule has 7 heteroatoms. The number of benzene rings is 1. The van der Waals surface area contributed by atoms with Gasteiger partial charge in [-0.3, -0.25) is 4.79 Å². The van der Waals surface area contributed by atoms with Crippen LogP contribution in [0.5, 0.6) is 5.75 Å². The second-order valence-corrected chi connectivity index (χ2v) is 6.15. The Labute approximate surface area is 138 Å². The molecule has 5 nitrogen and oxygen atoms in total. The van der Waals surface area contributed by atoms with Gasteiger partial charge >= 0.3 is 0 Å². The van der Waals surface area contributed by atoms with Crippen LogP contribution in [0.25, 0.3) is 0 Å². The first-order valence-corrected chi connectivity index (χ1v) is 8.38. The van der Waals surface area contributed by atoms with Crippen LogP contribution in [-0.2, 0) is 11.2 Å². The Kier molecular flexibility index (Phi) is 6.61. The highest BCUT2D eigenvalue weighted by Gasteiger charge is 2.08. The second-order valence-electron chi connectivity index (χ2n) is 4.68. The monoisotopic (exact) mass is 339 g/mol. The number of carbonyl (C=O) groups excluding carboxylic acids is 1. The molecule has 1 N–H and O–H groups in total. The summed E-state index contributed by atoms with van der Waals surface area (Å²) in [5.41, 5.74) is 0. The Hall–Kier alpha value is -1.66. The van der Waals surface area contributed by atoms with Crippen molar-refractivity contribution in [3.63, 3.8) is 0 Å². The lowest BCUT2D eigenvalue weighted by atomic mass is 10.3. The van der Waals surface area contributed by atoms with E-state index in [0.717, 1.165) is 24.3 Å². The maximum atomic E-state index is 11.8. The number of carbonyl (C=O) groups is 1. The van der Waals surface area contributed by atoms with Crippen LogP contribution < -0.4 is 10.1 Å². The molecule has 1 aromatic heterocycles. The van der Waals surface area contributed by atoms with Gasteiger partial charge in [-0.1, -0.05) is 48.4 Å². The molecule has 0 radical (unpaired) electrons.